The van der Waals surface area contributed by atoms with Crippen LogP contribution in [0.1, 0.15) is 25.2 Å². The number of aliphatic imine (C=N–C) groups is 1. The molecule has 2 rings (SSSR count). The fraction of sp³-hybridized carbons (Fsp3) is 0.421. The third-order valence-electron chi connectivity index (χ3n) is 3.84. The molecule has 0 spiro atoms. The lowest BCUT2D eigenvalue weighted by Gasteiger charge is -2.23. The summed E-state index contributed by atoms with van der Waals surface area (Å²) < 4.78 is 15.1. The van der Waals surface area contributed by atoms with Crippen LogP contribution >= 0.6 is 0 Å². The molecule has 0 fully saturated rings. The maximum absolute atomic E-state index is 13.1. The van der Waals surface area contributed by atoms with Gasteiger partial charge in [-0.05, 0) is 24.6 Å². The van der Waals surface area contributed by atoms with Gasteiger partial charge in [0.25, 0.3) is 0 Å². The second-order valence-electron chi connectivity index (χ2n) is 6.30. The second-order valence-corrected chi connectivity index (χ2v) is 6.30. The number of nitrogens with zero attached hydrogens (tertiary/aromatic N) is 5. The third-order valence-corrected chi connectivity index (χ3v) is 3.84. The van der Waals surface area contributed by atoms with Crippen molar-refractivity contribution in [1.82, 2.24) is 25.0 Å². The van der Waals surface area contributed by atoms with E-state index < -0.39 is 0 Å². The van der Waals surface area contributed by atoms with Crippen molar-refractivity contribution < 1.29 is 4.39 Å². The molecule has 1 heterocycles. The number of aromatic nitrogens is 3. The largest absolute Gasteiger partial charge is 0.354 e. The number of hydrogen-bond donors (Lipinski definition) is 1. The van der Waals surface area contributed by atoms with E-state index in [1.165, 1.54) is 12.1 Å². The Labute approximate surface area is 154 Å². The number of rotatable bonds is 8. The maximum atomic E-state index is 13.1. The van der Waals surface area contributed by atoms with Crippen molar-refractivity contribution in [2.75, 3.05) is 20.1 Å². The van der Waals surface area contributed by atoms with Crippen molar-refractivity contribution in [3.63, 3.8) is 0 Å². The van der Waals surface area contributed by atoms with Crippen molar-refractivity contribution in [2.24, 2.45) is 4.99 Å². The number of hydrogen-bond acceptors (Lipinski definition) is 3. The first kappa shape index (κ1) is 19.6. The Morgan fingerprint density at radius 2 is 2.08 bits per heavy atom. The number of nitrogens with one attached hydrogen (secondary N) is 1. The quantitative estimate of drug-likeness (QED) is 0.448. The van der Waals surface area contributed by atoms with Crippen LogP contribution < -0.4 is 5.32 Å². The Bertz CT molecular complexity index is 735. The van der Waals surface area contributed by atoms with E-state index >= 15 is 0 Å². The number of benzene rings is 1. The van der Waals surface area contributed by atoms with Crippen LogP contribution in [-0.2, 0) is 19.5 Å². The first-order chi connectivity index (χ1) is 12.5. The van der Waals surface area contributed by atoms with E-state index in [0.29, 0.717) is 19.6 Å². The lowest BCUT2D eigenvalue weighted by molar-refractivity contribution is 0.471. The molecule has 1 N–H and O–H groups in total. The Morgan fingerprint density at radius 1 is 1.35 bits per heavy atom. The zero-order valence-corrected chi connectivity index (χ0v) is 15.7. The van der Waals surface area contributed by atoms with Gasteiger partial charge in [-0.2, -0.15) is 0 Å². The van der Waals surface area contributed by atoms with Gasteiger partial charge in [0, 0.05) is 33.1 Å². The molecule has 0 aliphatic carbocycles. The van der Waals surface area contributed by atoms with Crippen LogP contribution in [-0.4, -0.2) is 45.8 Å². The van der Waals surface area contributed by atoms with E-state index in [1.807, 2.05) is 23.4 Å². The zero-order chi connectivity index (χ0) is 18.9. The van der Waals surface area contributed by atoms with Gasteiger partial charge < -0.3 is 14.8 Å². The van der Waals surface area contributed by atoms with Crippen molar-refractivity contribution in [3.05, 3.63) is 59.9 Å². The zero-order valence-electron chi connectivity index (χ0n) is 15.7. The highest BCUT2D eigenvalue weighted by Gasteiger charge is 2.08. The van der Waals surface area contributed by atoms with Gasteiger partial charge in [0.15, 0.2) is 5.96 Å². The van der Waals surface area contributed by atoms with Gasteiger partial charge in [-0.1, -0.05) is 31.2 Å². The van der Waals surface area contributed by atoms with E-state index in [-0.39, 0.29) is 5.82 Å². The molecule has 0 atom stereocenters. The topological polar surface area (TPSA) is 58.3 Å². The molecule has 0 aliphatic heterocycles. The Hall–Kier alpha value is -2.70. The van der Waals surface area contributed by atoms with Crippen molar-refractivity contribution in [3.8, 4) is 0 Å². The summed E-state index contributed by atoms with van der Waals surface area (Å²) in [5.41, 5.74) is 2.01. The molecule has 0 saturated carbocycles. The molecule has 140 valence electrons. The molecule has 0 radical (unpaired) electrons. The lowest BCUT2D eigenvalue weighted by Crippen LogP contribution is -2.40. The molecule has 26 heavy (non-hydrogen) atoms. The van der Waals surface area contributed by atoms with Crippen LogP contribution in [0.4, 0.5) is 4.39 Å². The van der Waals surface area contributed by atoms with Crippen LogP contribution in [0.25, 0.3) is 0 Å². The fourth-order valence-corrected chi connectivity index (χ4v) is 2.49. The van der Waals surface area contributed by atoms with Gasteiger partial charge >= 0.3 is 0 Å². The summed E-state index contributed by atoms with van der Waals surface area (Å²) in [5.74, 6) is 1.52. The molecule has 0 amide bonds. The fourth-order valence-electron chi connectivity index (χ4n) is 2.49. The van der Waals surface area contributed by atoms with E-state index in [4.69, 9.17) is 0 Å². The van der Waals surface area contributed by atoms with Crippen LogP contribution in [0.2, 0.25) is 0 Å². The predicted molar refractivity (Wildman–Crippen MR) is 102 cm³/mol. The minimum atomic E-state index is -0.230. The summed E-state index contributed by atoms with van der Waals surface area (Å²) >= 11 is 0. The first-order valence-electron chi connectivity index (χ1n) is 8.74. The Balaban J connectivity index is 1.99. The van der Waals surface area contributed by atoms with Crippen LogP contribution in [0.5, 0.6) is 0 Å². The minimum absolute atomic E-state index is 0.230. The standard InChI is InChI=1S/C19H27FN6/c1-5-18-24-23-14-26(18)11-10-21-19(22-12-15(2)3)25(4)13-16-6-8-17(20)9-7-16/h6-9,14H,2,5,10-13H2,1,3-4H3,(H,21,22). The van der Waals surface area contributed by atoms with Crippen LogP contribution in [0.15, 0.2) is 47.7 Å². The molecule has 2 aromatic rings. The van der Waals surface area contributed by atoms with Crippen molar-refractivity contribution in [1.29, 1.82) is 0 Å². The predicted octanol–water partition coefficient (Wildman–Crippen LogP) is 2.63. The molecule has 7 heteroatoms. The van der Waals surface area contributed by atoms with E-state index in [2.05, 4.69) is 34.0 Å². The van der Waals surface area contributed by atoms with Crippen molar-refractivity contribution >= 4 is 5.96 Å². The molecule has 1 aromatic carbocycles. The van der Waals surface area contributed by atoms with Crippen LogP contribution in [0.3, 0.4) is 0 Å². The van der Waals surface area contributed by atoms with E-state index in [1.54, 1.807) is 18.5 Å². The number of halogens is 1. The summed E-state index contributed by atoms with van der Waals surface area (Å²) in [7, 11) is 1.96. The summed E-state index contributed by atoms with van der Waals surface area (Å²) in [6, 6.07) is 6.51. The monoisotopic (exact) mass is 358 g/mol. The summed E-state index contributed by atoms with van der Waals surface area (Å²) in [6.45, 7) is 10.6. The summed E-state index contributed by atoms with van der Waals surface area (Å²) in [4.78, 5) is 6.63. The summed E-state index contributed by atoms with van der Waals surface area (Å²) in [6.07, 6.45) is 2.59. The third kappa shape index (κ3) is 5.98. The Kier molecular flexibility index (Phi) is 7.32. The number of guanidine groups is 1. The van der Waals surface area contributed by atoms with Gasteiger partial charge in [0.2, 0.25) is 0 Å². The molecular weight excluding hydrogens is 331 g/mol. The lowest BCUT2D eigenvalue weighted by atomic mass is 10.2. The first-order valence-corrected chi connectivity index (χ1v) is 8.74. The maximum Gasteiger partial charge on any atom is 0.194 e. The average molecular weight is 358 g/mol. The molecule has 0 aliphatic rings. The van der Waals surface area contributed by atoms with Gasteiger partial charge in [-0.15, -0.1) is 10.2 Å². The summed E-state index contributed by atoms with van der Waals surface area (Å²) in [5, 5.41) is 11.4. The molecule has 1 aromatic heterocycles. The molecule has 6 nitrogen and oxygen atoms in total. The highest BCUT2D eigenvalue weighted by atomic mass is 19.1. The van der Waals surface area contributed by atoms with Gasteiger partial charge in [-0.25, -0.2) is 9.38 Å². The highest BCUT2D eigenvalue weighted by molar-refractivity contribution is 5.79. The smallest absolute Gasteiger partial charge is 0.194 e. The Morgan fingerprint density at radius 3 is 2.73 bits per heavy atom. The van der Waals surface area contributed by atoms with Crippen LogP contribution in [0, 0.1) is 5.82 Å². The highest BCUT2D eigenvalue weighted by Crippen LogP contribution is 2.06. The second kappa shape index (κ2) is 9.70. The van der Waals surface area contributed by atoms with Gasteiger partial charge in [0.05, 0.1) is 6.54 Å². The van der Waals surface area contributed by atoms with E-state index in [9.17, 15) is 4.39 Å². The van der Waals surface area contributed by atoms with Crippen molar-refractivity contribution in [2.45, 2.75) is 33.4 Å². The molecule has 0 bridgehead atoms. The average Bonchev–Trinajstić information content (AvgIpc) is 3.07. The molecular formula is C19H27FN6. The van der Waals surface area contributed by atoms with Gasteiger partial charge in [-0.3, -0.25) is 0 Å². The molecule has 0 unspecified atom stereocenters. The minimum Gasteiger partial charge on any atom is -0.354 e. The SMILES string of the molecule is C=C(C)CN=C(NCCn1cnnc1CC)N(C)Cc1ccc(F)cc1. The van der Waals surface area contributed by atoms with Gasteiger partial charge in [0.1, 0.15) is 18.0 Å². The molecule has 0 saturated heterocycles. The van der Waals surface area contributed by atoms with E-state index in [0.717, 1.165) is 35.9 Å². The number of aryl methyl sites for hydroxylation is 1. The normalized spacial score (nSPS) is 11.5.